The third-order valence-corrected chi connectivity index (χ3v) is 4.54. The summed E-state index contributed by atoms with van der Waals surface area (Å²) >= 11 is 0. The Hall–Kier alpha value is -3.62. The van der Waals surface area contributed by atoms with Crippen molar-refractivity contribution in [3.63, 3.8) is 0 Å². The Bertz CT molecular complexity index is 1060. The van der Waals surface area contributed by atoms with E-state index < -0.39 is 17.6 Å². The van der Waals surface area contributed by atoms with E-state index in [2.05, 4.69) is 15.6 Å². The predicted octanol–water partition coefficient (Wildman–Crippen LogP) is 1.87. The molecule has 0 bridgehead atoms. The van der Waals surface area contributed by atoms with Gasteiger partial charge in [-0.25, -0.2) is 4.79 Å². The highest BCUT2D eigenvalue weighted by atomic mass is 16.6. The number of aromatic nitrogens is 3. The van der Waals surface area contributed by atoms with Gasteiger partial charge < -0.3 is 19.2 Å². The van der Waals surface area contributed by atoms with Gasteiger partial charge in [0.1, 0.15) is 12.2 Å². The molecule has 1 unspecified atom stereocenters. The van der Waals surface area contributed by atoms with Crippen LogP contribution in [-0.2, 0) is 6.54 Å². The molecule has 2 aromatic heterocycles. The Balaban J connectivity index is 1.42. The van der Waals surface area contributed by atoms with Crippen LogP contribution in [0.4, 0.5) is 0 Å². The van der Waals surface area contributed by atoms with Gasteiger partial charge in [0.25, 0.3) is 5.91 Å². The lowest BCUT2D eigenvalue weighted by molar-refractivity contribution is 0.0721. The van der Waals surface area contributed by atoms with Gasteiger partial charge in [0.2, 0.25) is 0 Å². The number of ether oxygens (including phenoxy) is 2. The van der Waals surface area contributed by atoms with E-state index in [0.29, 0.717) is 42.3 Å². The minimum atomic E-state index is -0.698. The van der Waals surface area contributed by atoms with Crippen LogP contribution < -0.4 is 20.4 Å². The Kier molecular flexibility index (Phi) is 5.28. The molecule has 1 atom stereocenters. The van der Waals surface area contributed by atoms with Crippen LogP contribution in [0.25, 0.3) is 0 Å². The van der Waals surface area contributed by atoms with Crippen molar-refractivity contribution < 1.29 is 18.7 Å². The third-order valence-electron chi connectivity index (χ3n) is 4.54. The molecule has 3 heterocycles. The highest BCUT2D eigenvalue weighted by molar-refractivity contribution is 5.95. The summed E-state index contributed by atoms with van der Waals surface area (Å²) in [7, 11) is 0. The van der Waals surface area contributed by atoms with E-state index in [0.717, 1.165) is 0 Å². The van der Waals surface area contributed by atoms with Crippen molar-refractivity contribution in [1.29, 1.82) is 0 Å². The first kappa shape index (κ1) is 18.7. The molecule has 4 rings (SSSR count). The smallest absolute Gasteiger partial charge is 0.349 e. The fraction of sp³-hybridized carbons (Fsp3) is 0.300. The van der Waals surface area contributed by atoms with Gasteiger partial charge >= 0.3 is 5.63 Å². The number of fused-ring (bicyclic) bond motifs is 1. The average Bonchev–Trinajstić information content (AvgIpc) is 3.24. The van der Waals surface area contributed by atoms with Gasteiger partial charge in [0, 0.05) is 19.3 Å². The van der Waals surface area contributed by atoms with E-state index in [-0.39, 0.29) is 12.2 Å². The highest BCUT2D eigenvalue weighted by Crippen LogP contribution is 2.35. The number of para-hydroxylation sites is 2. The summed E-state index contributed by atoms with van der Waals surface area (Å²) < 4.78 is 18.6. The Morgan fingerprint density at radius 2 is 2.14 bits per heavy atom. The molecule has 0 saturated carbocycles. The summed E-state index contributed by atoms with van der Waals surface area (Å²) in [5.74, 6) is 1.08. The molecule has 0 saturated heterocycles. The zero-order valence-corrected chi connectivity index (χ0v) is 15.8. The standard InChI is InChI=1S/C20H20N4O5/c1-13-11-16(17-12-27-14-5-2-3-6-15(14)28-17)29-20(26)18(13)19(25)21-7-4-9-24-10-8-22-23-24/h2-3,5-6,8,10-11,17H,4,7,9,12H2,1H3,(H,21,25). The van der Waals surface area contributed by atoms with Gasteiger partial charge in [-0.3, -0.25) is 9.48 Å². The molecule has 0 fully saturated rings. The molecular weight excluding hydrogens is 376 g/mol. The van der Waals surface area contributed by atoms with Gasteiger partial charge in [0.15, 0.2) is 23.4 Å². The zero-order chi connectivity index (χ0) is 20.2. The second-order valence-corrected chi connectivity index (χ2v) is 6.63. The van der Waals surface area contributed by atoms with E-state index >= 15 is 0 Å². The monoisotopic (exact) mass is 396 g/mol. The minimum Gasteiger partial charge on any atom is -0.485 e. The largest absolute Gasteiger partial charge is 0.485 e. The van der Waals surface area contributed by atoms with Gasteiger partial charge in [-0.15, -0.1) is 5.10 Å². The first-order valence-electron chi connectivity index (χ1n) is 9.27. The SMILES string of the molecule is Cc1cc(C2COc3ccccc3O2)oc(=O)c1C(=O)NCCCn1ccnn1. The number of aryl methyl sites for hydroxylation is 2. The summed E-state index contributed by atoms with van der Waals surface area (Å²) in [5, 5.41) is 10.3. The Morgan fingerprint density at radius 3 is 2.90 bits per heavy atom. The number of benzene rings is 1. The molecule has 3 aromatic rings. The second kappa shape index (κ2) is 8.17. The van der Waals surface area contributed by atoms with Crippen molar-refractivity contribution >= 4 is 5.91 Å². The summed E-state index contributed by atoms with van der Waals surface area (Å²) in [4.78, 5) is 24.9. The average molecular weight is 396 g/mol. The normalized spacial score (nSPS) is 15.1. The lowest BCUT2D eigenvalue weighted by Crippen LogP contribution is -2.31. The molecule has 0 radical (unpaired) electrons. The van der Waals surface area contributed by atoms with Gasteiger partial charge in [-0.05, 0) is 37.1 Å². The first-order valence-corrected chi connectivity index (χ1v) is 9.27. The van der Waals surface area contributed by atoms with Crippen LogP contribution in [0.5, 0.6) is 11.5 Å². The Labute approximate surface area is 166 Å². The first-order chi connectivity index (χ1) is 14.1. The topological polar surface area (TPSA) is 108 Å². The molecule has 29 heavy (non-hydrogen) atoms. The van der Waals surface area contributed by atoms with Crippen LogP contribution in [0.15, 0.2) is 51.9 Å². The number of rotatable bonds is 6. The highest BCUT2D eigenvalue weighted by Gasteiger charge is 2.26. The van der Waals surface area contributed by atoms with E-state index in [9.17, 15) is 9.59 Å². The van der Waals surface area contributed by atoms with E-state index in [4.69, 9.17) is 13.9 Å². The molecule has 1 N–H and O–H groups in total. The van der Waals surface area contributed by atoms with Crippen molar-refractivity contribution in [3.05, 3.63) is 70.0 Å². The van der Waals surface area contributed by atoms with Crippen LogP contribution in [0, 0.1) is 6.92 Å². The van der Waals surface area contributed by atoms with Gasteiger partial charge in [-0.2, -0.15) is 0 Å². The summed E-state index contributed by atoms with van der Waals surface area (Å²) in [6.45, 7) is 2.93. The number of hydrogen-bond acceptors (Lipinski definition) is 7. The fourth-order valence-electron chi connectivity index (χ4n) is 3.11. The molecule has 1 aliphatic heterocycles. The number of hydrogen-bond donors (Lipinski definition) is 1. The maximum absolute atomic E-state index is 12.5. The molecule has 0 aliphatic carbocycles. The summed E-state index contributed by atoms with van der Waals surface area (Å²) in [6, 6.07) is 8.93. The lowest BCUT2D eigenvalue weighted by Gasteiger charge is -2.25. The van der Waals surface area contributed by atoms with E-state index in [1.54, 1.807) is 36.1 Å². The molecule has 9 nitrogen and oxygen atoms in total. The lowest BCUT2D eigenvalue weighted by atomic mass is 10.1. The van der Waals surface area contributed by atoms with E-state index in [1.807, 2.05) is 18.2 Å². The minimum absolute atomic E-state index is 0.00775. The Morgan fingerprint density at radius 1 is 1.31 bits per heavy atom. The van der Waals surface area contributed by atoms with Crippen molar-refractivity contribution in [2.75, 3.05) is 13.2 Å². The number of amides is 1. The number of carbonyl (C=O) groups is 1. The number of nitrogens with one attached hydrogen (secondary N) is 1. The van der Waals surface area contributed by atoms with Crippen molar-refractivity contribution in [1.82, 2.24) is 20.3 Å². The number of carbonyl (C=O) groups excluding carboxylic acids is 1. The van der Waals surface area contributed by atoms with Crippen LogP contribution in [-0.4, -0.2) is 34.1 Å². The number of nitrogens with zero attached hydrogens (tertiary/aromatic N) is 3. The molecule has 0 spiro atoms. The maximum Gasteiger partial charge on any atom is 0.349 e. The second-order valence-electron chi connectivity index (χ2n) is 6.63. The van der Waals surface area contributed by atoms with Crippen molar-refractivity contribution in [2.24, 2.45) is 0 Å². The maximum atomic E-state index is 12.5. The molecule has 150 valence electrons. The van der Waals surface area contributed by atoms with Gasteiger partial charge in [-0.1, -0.05) is 17.3 Å². The van der Waals surface area contributed by atoms with Crippen molar-refractivity contribution in [2.45, 2.75) is 26.0 Å². The predicted molar refractivity (Wildman–Crippen MR) is 102 cm³/mol. The van der Waals surface area contributed by atoms with Crippen LogP contribution >= 0.6 is 0 Å². The molecule has 1 aromatic carbocycles. The molecule has 9 heteroatoms. The van der Waals surface area contributed by atoms with Crippen LogP contribution in [0.2, 0.25) is 0 Å². The van der Waals surface area contributed by atoms with Crippen LogP contribution in [0.3, 0.4) is 0 Å². The summed E-state index contributed by atoms with van der Waals surface area (Å²) in [6.07, 6.45) is 3.43. The zero-order valence-electron chi connectivity index (χ0n) is 15.8. The van der Waals surface area contributed by atoms with E-state index in [1.165, 1.54) is 0 Å². The quantitative estimate of drug-likeness (QED) is 0.634. The molecule has 1 amide bonds. The third kappa shape index (κ3) is 4.13. The summed E-state index contributed by atoms with van der Waals surface area (Å²) in [5.41, 5.74) is -0.185. The van der Waals surface area contributed by atoms with Crippen LogP contribution in [0.1, 0.15) is 34.2 Å². The fourth-order valence-corrected chi connectivity index (χ4v) is 3.11. The molecule has 1 aliphatic rings. The van der Waals surface area contributed by atoms with Gasteiger partial charge in [0.05, 0.1) is 6.20 Å². The van der Waals surface area contributed by atoms with Crippen molar-refractivity contribution in [3.8, 4) is 11.5 Å². The molecular formula is C20H20N4O5.